The molecule has 0 heterocycles. The first-order valence-electron chi connectivity index (χ1n) is 9.61. The number of carbonyl (C=O) groups excluding carboxylic acids is 2. The highest BCUT2D eigenvalue weighted by molar-refractivity contribution is 5.83. The third kappa shape index (κ3) is 3.25. The normalized spacial score (nSPS) is 35.8. The standard InChI is InChI=1S/C21H27NO4/c1-14(17-5-3-2-4-6-17)22-18(23)12-26-19(24)20-8-15-7-16(9-20)11-21(25,10-15)13-20/h2-6,14-16,25H,7-13H2,1H3,(H,22,23)/t14-,15+,16+,20?,21?/m0/s1. The fraction of sp³-hybridized carbons (Fsp3) is 0.619. The zero-order valence-electron chi connectivity index (χ0n) is 15.2. The number of nitrogens with one attached hydrogen (secondary N) is 1. The number of rotatable bonds is 5. The number of aliphatic hydroxyl groups is 1. The van der Waals surface area contributed by atoms with Crippen molar-refractivity contribution in [1.29, 1.82) is 0 Å². The first kappa shape index (κ1) is 17.5. The summed E-state index contributed by atoms with van der Waals surface area (Å²) in [4.78, 5) is 25.0. The molecule has 0 aliphatic heterocycles. The van der Waals surface area contributed by atoms with Gasteiger partial charge >= 0.3 is 5.97 Å². The van der Waals surface area contributed by atoms with Crippen LogP contribution in [0.2, 0.25) is 0 Å². The van der Waals surface area contributed by atoms with E-state index in [0.29, 0.717) is 18.3 Å². The Morgan fingerprint density at radius 2 is 1.85 bits per heavy atom. The quantitative estimate of drug-likeness (QED) is 0.795. The van der Waals surface area contributed by atoms with E-state index in [1.54, 1.807) is 0 Å². The summed E-state index contributed by atoms with van der Waals surface area (Å²) in [6.45, 7) is 1.65. The van der Waals surface area contributed by atoms with Crippen molar-refractivity contribution in [2.75, 3.05) is 6.61 Å². The largest absolute Gasteiger partial charge is 0.455 e. The lowest BCUT2D eigenvalue weighted by molar-refractivity contribution is -0.196. The van der Waals surface area contributed by atoms with Crippen molar-refractivity contribution >= 4 is 11.9 Å². The molecule has 0 saturated heterocycles. The number of benzene rings is 1. The molecule has 0 spiro atoms. The van der Waals surface area contributed by atoms with E-state index < -0.39 is 11.0 Å². The van der Waals surface area contributed by atoms with Gasteiger partial charge in [-0.25, -0.2) is 0 Å². The lowest BCUT2D eigenvalue weighted by atomic mass is 9.48. The maximum Gasteiger partial charge on any atom is 0.312 e. The summed E-state index contributed by atoms with van der Waals surface area (Å²) in [5.74, 6) is 0.243. The molecule has 4 saturated carbocycles. The summed E-state index contributed by atoms with van der Waals surface area (Å²) in [6.07, 6.45) is 4.83. The minimum atomic E-state index is -0.701. The molecule has 5 rings (SSSR count). The van der Waals surface area contributed by atoms with E-state index in [-0.39, 0.29) is 24.5 Å². The van der Waals surface area contributed by atoms with Crippen molar-refractivity contribution in [2.24, 2.45) is 17.3 Å². The van der Waals surface area contributed by atoms with Gasteiger partial charge in [-0.1, -0.05) is 30.3 Å². The number of hydrogen-bond donors (Lipinski definition) is 2. The van der Waals surface area contributed by atoms with E-state index in [9.17, 15) is 14.7 Å². The van der Waals surface area contributed by atoms with Crippen LogP contribution < -0.4 is 5.32 Å². The molecule has 5 nitrogen and oxygen atoms in total. The molecule has 5 heteroatoms. The highest BCUT2D eigenvalue weighted by Gasteiger charge is 2.60. The van der Waals surface area contributed by atoms with Crippen LogP contribution in [0.5, 0.6) is 0 Å². The number of amides is 1. The summed E-state index contributed by atoms with van der Waals surface area (Å²) in [5.41, 5.74) is -0.271. The lowest BCUT2D eigenvalue weighted by Crippen LogP contribution is -2.58. The van der Waals surface area contributed by atoms with Gasteiger partial charge in [0, 0.05) is 0 Å². The van der Waals surface area contributed by atoms with Crippen molar-refractivity contribution in [3.05, 3.63) is 35.9 Å². The Bertz CT molecular complexity index is 687. The van der Waals surface area contributed by atoms with Gasteiger partial charge in [0.2, 0.25) is 0 Å². The maximum absolute atomic E-state index is 12.8. The maximum atomic E-state index is 12.8. The highest BCUT2D eigenvalue weighted by atomic mass is 16.5. The second kappa shape index (κ2) is 6.38. The Balaban J connectivity index is 1.33. The Morgan fingerprint density at radius 3 is 2.46 bits per heavy atom. The molecule has 4 aliphatic rings. The van der Waals surface area contributed by atoms with Crippen LogP contribution in [-0.2, 0) is 14.3 Å². The Hall–Kier alpha value is -1.88. The summed E-state index contributed by atoms with van der Waals surface area (Å²) < 4.78 is 5.41. The number of ether oxygens (including phenoxy) is 1. The molecule has 0 unspecified atom stereocenters. The molecule has 0 radical (unpaired) electrons. The number of esters is 1. The number of hydrogen-bond acceptors (Lipinski definition) is 4. The zero-order valence-corrected chi connectivity index (χ0v) is 15.2. The van der Waals surface area contributed by atoms with Gasteiger partial charge in [-0.15, -0.1) is 0 Å². The number of carbonyl (C=O) groups is 2. The van der Waals surface area contributed by atoms with E-state index in [4.69, 9.17) is 4.74 Å². The first-order valence-corrected chi connectivity index (χ1v) is 9.61. The van der Waals surface area contributed by atoms with Gasteiger partial charge < -0.3 is 15.2 Å². The van der Waals surface area contributed by atoms with E-state index in [1.165, 1.54) is 0 Å². The molecule has 4 fully saturated rings. The lowest BCUT2D eigenvalue weighted by Gasteiger charge is -2.58. The van der Waals surface area contributed by atoms with Gasteiger partial charge in [-0.05, 0) is 62.8 Å². The van der Waals surface area contributed by atoms with Crippen LogP contribution in [-0.4, -0.2) is 29.2 Å². The summed E-state index contributed by atoms with van der Waals surface area (Å²) in [5, 5.41) is 13.6. The molecular weight excluding hydrogens is 330 g/mol. The fourth-order valence-corrected chi connectivity index (χ4v) is 5.85. The summed E-state index contributed by atoms with van der Waals surface area (Å²) in [6, 6.07) is 9.55. The smallest absolute Gasteiger partial charge is 0.312 e. The Morgan fingerprint density at radius 1 is 1.19 bits per heavy atom. The SMILES string of the molecule is C[C@H](NC(=O)COC(=O)C12C[C@H]3C[C@@H](CC(O)(C3)C1)C2)c1ccccc1. The summed E-state index contributed by atoms with van der Waals surface area (Å²) >= 11 is 0. The minimum Gasteiger partial charge on any atom is -0.455 e. The molecule has 2 N–H and O–H groups in total. The van der Waals surface area contributed by atoms with E-state index in [1.807, 2.05) is 37.3 Å². The van der Waals surface area contributed by atoms with Gasteiger partial charge in [0.15, 0.2) is 6.61 Å². The molecular formula is C21H27NO4. The van der Waals surface area contributed by atoms with Crippen molar-refractivity contribution in [2.45, 2.75) is 57.1 Å². The van der Waals surface area contributed by atoms with Gasteiger partial charge in [0.1, 0.15) is 0 Å². The molecule has 4 aliphatic carbocycles. The first-order chi connectivity index (χ1) is 12.4. The highest BCUT2D eigenvalue weighted by Crippen LogP contribution is 2.61. The van der Waals surface area contributed by atoms with E-state index >= 15 is 0 Å². The molecule has 26 heavy (non-hydrogen) atoms. The second-order valence-electron chi connectivity index (χ2n) is 8.74. The van der Waals surface area contributed by atoms with Crippen LogP contribution in [0, 0.1) is 17.3 Å². The van der Waals surface area contributed by atoms with Crippen molar-refractivity contribution in [1.82, 2.24) is 5.32 Å². The molecule has 4 bridgehead atoms. The zero-order chi connectivity index (χ0) is 18.4. The van der Waals surface area contributed by atoms with Gasteiger partial charge in [0.05, 0.1) is 17.1 Å². The predicted octanol–water partition coefficient (Wildman–Crippen LogP) is 2.74. The van der Waals surface area contributed by atoms with Crippen molar-refractivity contribution in [3.63, 3.8) is 0 Å². The monoisotopic (exact) mass is 357 g/mol. The van der Waals surface area contributed by atoms with Crippen LogP contribution in [0.3, 0.4) is 0 Å². The third-order valence-electron chi connectivity index (χ3n) is 6.47. The van der Waals surface area contributed by atoms with Crippen LogP contribution >= 0.6 is 0 Å². The average Bonchev–Trinajstić information content (AvgIpc) is 2.58. The molecule has 0 aromatic heterocycles. The molecule has 1 aromatic rings. The minimum absolute atomic E-state index is 0.136. The Kier molecular flexibility index (Phi) is 4.30. The van der Waals surface area contributed by atoms with Crippen molar-refractivity contribution in [3.8, 4) is 0 Å². The van der Waals surface area contributed by atoms with Crippen LogP contribution in [0.25, 0.3) is 0 Å². The van der Waals surface area contributed by atoms with Crippen LogP contribution in [0.15, 0.2) is 30.3 Å². The van der Waals surface area contributed by atoms with Gasteiger partial charge in [-0.2, -0.15) is 0 Å². The summed E-state index contributed by atoms with van der Waals surface area (Å²) in [7, 11) is 0. The van der Waals surface area contributed by atoms with Gasteiger partial charge in [0.25, 0.3) is 5.91 Å². The Labute approximate surface area is 154 Å². The molecule has 3 atom stereocenters. The van der Waals surface area contributed by atoms with E-state index in [0.717, 1.165) is 37.7 Å². The van der Waals surface area contributed by atoms with Crippen LogP contribution in [0.4, 0.5) is 0 Å². The van der Waals surface area contributed by atoms with Crippen LogP contribution in [0.1, 0.15) is 57.1 Å². The molecule has 1 aromatic carbocycles. The van der Waals surface area contributed by atoms with Gasteiger partial charge in [-0.3, -0.25) is 9.59 Å². The average molecular weight is 357 g/mol. The predicted molar refractivity (Wildman–Crippen MR) is 96.0 cm³/mol. The molecule has 1 amide bonds. The fourth-order valence-electron chi connectivity index (χ4n) is 5.85. The topological polar surface area (TPSA) is 75.6 Å². The van der Waals surface area contributed by atoms with Crippen molar-refractivity contribution < 1.29 is 19.4 Å². The van der Waals surface area contributed by atoms with E-state index in [2.05, 4.69) is 5.32 Å². The third-order valence-corrected chi connectivity index (χ3v) is 6.47. The molecule has 140 valence electrons. The second-order valence-corrected chi connectivity index (χ2v) is 8.74.